The van der Waals surface area contributed by atoms with Crippen LogP contribution >= 0.6 is 11.3 Å². The summed E-state index contributed by atoms with van der Waals surface area (Å²) in [7, 11) is 3.05. The van der Waals surface area contributed by atoms with E-state index in [2.05, 4.69) is 58.8 Å². The molecule has 0 aliphatic heterocycles. The average Bonchev–Trinajstić information content (AvgIpc) is 3.28. The molecule has 0 spiro atoms. The lowest BCUT2D eigenvalue weighted by molar-refractivity contribution is 0.102. The number of rotatable bonds is 7. The van der Waals surface area contributed by atoms with Gasteiger partial charge in [-0.1, -0.05) is 60.7 Å². The van der Waals surface area contributed by atoms with Crippen molar-refractivity contribution in [3.05, 3.63) is 94.9 Å². The summed E-state index contributed by atoms with van der Waals surface area (Å²) in [6.45, 7) is 0. The molecule has 0 bridgehead atoms. The first kappa shape index (κ1) is 20.6. The van der Waals surface area contributed by atoms with Crippen molar-refractivity contribution in [2.45, 2.75) is 6.42 Å². The Morgan fingerprint density at radius 2 is 1.65 bits per heavy atom. The van der Waals surface area contributed by atoms with Crippen LogP contribution in [0.15, 0.2) is 78.2 Å². The van der Waals surface area contributed by atoms with Crippen molar-refractivity contribution in [2.75, 3.05) is 19.5 Å². The van der Waals surface area contributed by atoms with E-state index in [1.807, 2.05) is 11.4 Å². The summed E-state index contributed by atoms with van der Waals surface area (Å²) in [6.07, 6.45) is 0.891. The van der Waals surface area contributed by atoms with Gasteiger partial charge in [0.05, 0.1) is 25.5 Å². The number of ether oxygens (including phenoxy) is 2. The normalized spacial score (nSPS) is 10.5. The van der Waals surface area contributed by atoms with E-state index >= 15 is 0 Å². The molecule has 156 valence electrons. The van der Waals surface area contributed by atoms with E-state index in [1.165, 1.54) is 36.7 Å². The molecule has 6 heteroatoms. The number of carbonyl (C=O) groups is 1. The Labute approximate surface area is 185 Å². The highest BCUT2D eigenvalue weighted by molar-refractivity contribution is 7.14. The van der Waals surface area contributed by atoms with Gasteiger partial charge in [-0.05, 0) is 29.7 Å². The molecule has 0 saturated carbocycles. The van der Waals surface area contributed by atoms with Gasteiger partial charge < -0.3 is 9.47 Å². The Balaban J connectivity index is 1.47. The molecule has 1 aromatic heterocycles. The van der Waals surface area contributed by atoms with Gasteiger partial charge in [-0.2, -0.15) is 0 Å². The maximum Gasteiger partial charge on any atom is 0.261 e. The number of anilines is 1. The fraction of sp³-hybridized carbons (Fsp3) is 0.120. The second-order valence-corrected chi connectivity index (χ2v) is 7.75. The Kier molecular flexibility index (Phi) is 6.29. The van der Waals surface area contributed by atoms with Crippen LogP contribution in [0.25, 0.3) is 11.3 Å². The minimum atomic E-state index is -0.296. The lowest BCUT2D eigenvalue weighted by Gasteiger charge is -2.11. The van der Waals surface area contributed by atoms with Crippen molar-refractivity contribution in [3.8, 4) is 22.8 Å². The summed E-state index contributed by atoms with van der Waals surface area (Å²) in [4.78, 5) is 17.3. The van der Waals surface area contributed by atoms with E-state index in [-0.39, 0.29) is 5.91 Å². The van der Waals surface area contributed by atoms with Gasteiger partial charge in [0.25, 0.3) is 5.91 Å². The van der Waals surface area contributed by atoms with Gasteiger partial charge in [0.1, 0.15) is 0 Å². The van der Waals surface area contributed by atoms with Gasteiger partial charge in [-0.3, -0.25) is 10.1 Å². The molecule has 0 saturated heterocycles. The summed E-state index contributed by atoms with van der Waals surface area (Å²) in [6, 6.07) is 23.9. The van der Waals surface area contributed by atoms with Crippen molar-refractivity contribution in [3.63, 3.8) is 0 Å². The standard InChI is InChI=1S/C25H22N2O3S/c1-29-22-10-6-9-20(23(22)30-2)24(28)27-25-26-21(16-31-25)19-13-11-18(12-14-19)15-17-7-4-3-5-8-17/h3-14,16H,15H2,1-2H3,(H,26,27,28). The number of amides is 1. The van der Waals surface area contributed by atoms with E-state index in [9.17, 15) is 4.79 Å². The number of carbonyl (C=O) groups excluding carboxylic acids is 1. The van der Waals surface area contributed by atoms with Crippen molar-refractivity contribution >= 4 is 22.4 Å². The molecule has 0 atom stereocenters. The predicted octanol–water partition coefficient (Wildman–Crippen LogP) is 5.67. The zero-order chi connectivity index (χ0) is 21.6. The highest BCUT2D eigenvalue weighted by atomic mass is 32.1. The van der Waals surface area contributed by atoms with E-state index < -0.39 is 0 Å². The van der Waals surface area contributed by atoms with Gasteiger partial charge in [-0.15, -0.1) is 11.3 Å². The van der Waals surface area contributed by atoms with Gasteiger partial charge >= 0.3 is 0 Å². The average molecular weight is 431 g/mol. The van der Waals surface area contributed by atoms with Crippen LogP contribution in [-0.4, -0.2) is 25.1 Å². The molecular formula is C25H22N2O3S. The first-order valence-corrected chi connectivity index (χ1v) is 10.7. The van der Waals surface area contributed by atoms with Crippen LogP contribution in [0.1, 0.15) is 21.5 Å². The van der Waals surface area contributed by atoms with Crippen LogP contribution in [0.4, 0.5) is 5.13 Å². The van der Waals surface area contributed by atoms with Gasteiger partial charge in [0.2, 0.25) is 0 Å². The van der Waals surface area contributed by atoms with Crippen molar-refractivity contribution < 1.29 is 14.3 Å². The molecule has 0 aliphatic carbocycles. The Bertz CT molecular complexity index is 1170. The molecule has 0 radical (unpaired) electrons. The molecule has 1 N–H and O–H groups in total. The van der Waals surface area contributed by atoms with Crippen LogP contribution in [0, 0.1) is 0 Å². The summed E-state index contributed by atoms with van der Waals surface area (Å²) in [5.74, 6) is 0.605. The summed E-state index contributed by atoms with van der Waals surface area (Å²) >= 11 is 1.38. The zero-order valence-electron chi connectivity index (χ0n) is 17.3. The monoisotopic (exact) mass is 430 g/mol. The van der Waals surface area contributed by atoms with Crippen LogP contribution < -0.4 is 14.8 Å². The number of methoxy groups -OCH3 is 2. The second kappa shape index (κ2) is 9.45. The Morgan fingerprint density at radius 3 is 2.35 bits per heavy atom. The molecule has 0 aliphatic rings. The third-order valence-corrected chi connectivity index (χ3v) is 5.63. The van der Waals surface area contributed by atoms with E-state index in [1.54, 1.807) is 18.2 Å². The maximum atomic E-state index is 12.7. The lowest BCUT2D eigenvalue weighted by atomic mass is 10.0. The predicted molar refractivity (Wildman–Crippen MR) is 124 cm³/mol. The molecule has 1 heterocycles. The van der Waals surface area contributed by atoms with Crippen LogP contribution in [0.3, 0.4) is 0 Å². The van der Waals surface area contributed by atoms with Crippen LogP contribution in [-0.2, 0) is 6.42 Å². The minimum Gasteiger partial charge on any atom is -0.493 e. The summed E-state index contributed by atoms with van der Waals surface area (Å²) in [5, 5.41) is 5.31. The molecule has 4 aromatic rings. The van der Waals surface area contributed by atoms with Gasteiger partial charge in [0.15, 0.2) is 16.6 Å². The molecular weight excluding hydrogens is 408 g/mol. The number of hydrogen-bond acceptors (Lipinski definition) is 5. The molecule has 31 heavy (non-hydrogen) atoms. The molecule has 5 nitrogen and oxygen atoms in total. The summed E-state index contributed by atoms with van der Waals surface area (Å²) < 4.78 is 10.6. The second-order valence-electron chi connectivity index (χ2n) is 6.89. The Morgan fingerprint density at radius 1 is 0.903 bits per heavy atom. The molecule has 0 unspecified atom stereocenters. The number of aromatic nitrogens is 1. The number of nitrogens with one attached hydrogen (secondary N) is 1. The van der Waals surface area contributed by atoms with Crippen molar-refractivity contribution in [1.29, 1.82) is 0 Å². The smallest absolute Gasteiger partial charge is 0.261 e. The summed E-state index contributed by atoms with van der Waals surface area (Å²) in [5.41, 5.74) is 4.74. The lowest BCUT2D eigenvalue weighted by Crippen LogP contribution is -2.13. The highest BCUT2D eigenvalue weighted by Crippen LogP contribution is 2.32. The van der Waals surface area contributed by atoms with E-state index in [4.69, 9.17) is 9.47 Å². The number of hydrogen-bond donors (Lipinski definition) is 1. The van der Waals surface area contributed by atoms with Crippen molar-refractivity contribution in [1.82, 2.24) is 4.98 Å². The third-order valence-electron chi connectivity index (χ3n) is 4.87. The highest BCUT2D eigenvalue weighted by Gasteiger charge is 2.17. The quantitative estimate of drug-likeness (QED) is 0.410. The zero-order valence-corrected chi connectivity index (χ0v) is 18.1. The molecule has 0 fully saturated rings. The van der Waals surface area contributed by atoms with E-state index in [0.717, 1.165) is 17.7 Å². The minimum absolute atomic E-state index is 0.296. The fourth-order valence-electron chi connectivity index (χ4n) is 3.32. The van der Waals surface area contributed by atoms with Crippen LogP contribution in [0.2, 0.25) is 0 Å². The van der Waals surface area contributed by atoms with E-state index in [0.29, 0.717) is 22.2 Å². The SMILES string of the molecule is COc1cccc(C(=O)Nc2nc(-c3ccc(Cc4ccccc4)cc3)cs2)c1OC. The first-order valence-electron chi connectivity index (χ1n) is 9.79. The van der Waals surface area contributed by atoms with Gasteiger partial charge in [0, 0.05) is 10.9 Å². The number of thiazole rings is 1. The van der Waals surface area contributed by atoms with Gasteiger partial charge in [-0.25, -0.2) is 4.98 Å². The van der Waals surface area contributed by atoms with Crippen LogP contribution in [0.5, 0.6) is 11.5 Å². The fourth-order valence-corrected chi connectivity index (χ4v) is 4.03. The molecule has 3 aromatic carbocycles. The van der Waals surface area contributed by atoms with Crippen molar-refractivity contribution in [2.24, 2.45) is 0 Å². The largest absolute Gasteiger partial charge is 0.493 e. The topological polar surface area (TPSA) is 60.5 Å². The third kappa shape index (κ3) is 4.75. The number of para-hydroxylation sites is 1. The number of benzene rings is 3. The Hall–Kier alpha value is -3.64. The molecule has 4 rings (SSSR count). The maximum absolute atomic E-state index is 12.7. The number of nitrogens with zero attached hydrogens (tertiary/aromatic N) is 1. The molecule has 1 amide bonds. The first-order chi connectivity index (χ1) is 15.2.